The number of hydrogen-bond acceptors (Lipinski definition) is 6. The van der Waals surface area contributed by atoms with Crippen LogP contribution in [0.3, 0.4) is 0 Å². The third-order valence-electron chi connectivity index (χ3n) is 4.43. The van der Waals surface area contributed by atoms with Crippen LogP contribution in [-0.2, 0) is 14.3 Å². The minimum atomic E-state index is -1.29. The van der Waals surface area contributed by atoms with Crippen LogP contribution in [0.15, 0.2) is 15.8 Å². The number of aryl methyl sites for hydroxylation is 1. The molecule has 0 aromatic carbocycles. The molecule has 0 radical (unpaired) electrons. The second-order valence-corrected chi connectivity index (χ2v) is 7.80. The van der Waals surface area contributed by atoms with E-state index in [4.69, 9.17) is 9.47 Å². The van der Waals surface area contributed by atoms with E-state index in [1.807, 2.05) is 0 Å². The van der Waals surface area contributed by atoms with Gasteiger partial charge in [-0.25, -0.2) is 14.4 Å². The second-order valence-electron chi connectivity index (χ2n) is 7.80. The molecule has 9 heteroatoms. The lowest BCUT2D eigenvalue weighted by molar-refractivity contribution is -0.151. The number of alkyl carbamates (subject to hydrolysis) is 1. The number of hydrogen-bond donors (Lipinski definition) is 2. The van der Waals surface area contributed by atoms with Gasteiger partial charge in [-0.3, -0.25) is 14.3 Å². The fourth-order valence-corrected chi connectivity index (χ4v) is 3.23. The topological polar surface area (TPSA) is 119 Å². The Labute approximate surface area is 157 Å². The number of H-pyrrole nitrogens is 1. The van der Waals surface area contributed by atoms with Crippen LogP contribution in [0.2, 0.25) is 0 Å². The Morgan fingerprint density at radius 3 is 2.63 bits per heavy atom. The Morgan fingerprint density at radius 1 is 1.37 bits per heavy atom. The third-order valence-corrected chi connectivity index (χ3v) is 4.43. The van der Waals surface area contributed by atoms with E-state index < -0.39 is 34.5 Å². The van der Waals surface area contributed by atoms with Crippen LogP contribution in [0, 0.1) is 6.92 Å². The van der Waals surface area contributed by atoms with Crippen molar-refractivity contribution in [3.8, 4) is 0 Å². The fourth-order valence-electron chi connectivity index (χ4n) is 3.23. The van der Waals surface area contributed by atoms with E-state index in [1.54, 1.807) is 34.6 Å². The van der Waals surface area contributed by atoms with E-state index in [0.29, 0.717) is 18.4 Å². The molecule has 1 aromatic heterocycles. The van der Waals surface area contributed by atoms with E-state index in [9.17, 15) is 19.2 Å². The van der Waals surface area contributed by atoms with Crippen LogP contribution in [0.25, 0.3) is 0 Å². The fraction of sp³-hybridized carbons (Fsp3) is 0.667. The third kappa shape index (κ3) is 4.78. The number of carbonyl (C=O) groups is 2. The average Bonchev–Trinajstić information content (AvgIpc) is 2.94. The highest BCUT2D eigenvalue weighted by Crippen LogP contribution is 2.38. The van der Waals surface area contributed by atoms with Crippen molar-refractivity contribution < 1.29 is 19.1 Å². The zero-order chi connectivity index (χ0) is 20.4. The molecule has 0 spiro atoms. The standard InChI is InChI=1S/C18H27N3O6/c1-6-26-14(23)18(20-16(25)27-17(3,4)5)8-7-12(9-18)21-10-11(2)13(22)19-15(21)24/h10,12H,6-9H2,1-5H3,(H,20,25)(H,19,22,24)/t12-,18-/m0/s1. The van der Waals surface area contributed by atoms with Gasteiger partial charge < -0.3 is 14.8 Å². The molecule has 0 unspecified atom stereocenters. The maximum absolute atomic E-state index is 12.6. The Morgan fingerprint density at radius 2 is 2.04 bits per heavy atom. The summed E-state index contributed by atoms with van der Waals surface area (Å²) < 4.78 is 11.8. The van der Waals surface area contributed by atoms with E-state index in [-0.39, 0.29) is 19.1 Å². The highest BCUT2D eigenvalue weighted by atomic mass is 16.6. The van der Waals surface area contributed by atoms with E-state index in [1.165, 1.54) is 10.8 Å². The van der Waals surface area contributed by atoms with Crippen LogP contribution in [0.1, 0.15) is 58.6 Å². The summed E-state index contributed by atoms with van der Waals surface area (Å²) in [5, 5.41) is 2.66. The van der Waals surface area contributed by atoms with Gasteiger partial charge in [0.25, 0.3) is 5.56 Å². The summed E-state index contributed by atoms with van der Waals surface area (Å²) in [6.07, 6.45) is 1.67. The monoisotopic (exact) mass is 381 g/mol. The van der Waals surface area contributed by atoms with Crippen LogP contribution >= 0.6 is 0 Å². The first-order valence-corrected chi connectivity index (χ1v) is 8.98. The summed E-state index contributed by atoms with van der Waals surface area (Å²) in [5.74, 6) is -0.562. The molecule has 2 rings (SSSR count). The average molecular weight is 381 g/mol. The van der Waals surface area contributed by atoms with Gasteiger partial charge >= 0.3 is 17.8 Å². The van der Waals surface area contributed by atoms with Crippen LogP contribution in [0.5, 0.6) is 0 Å². The minimum absolute atomic E-state index is 0.163. The molecule has 1 fully saturated rings. The van der Waals surface area contributed by atoms with Gasteiger partial charge in [0, 0.05) is 24.2 Å². The number of aromatic nitrogens is 2. The van der Waals surface area contributed by atoms with Crippen molar-refractivity contribution in [2.45, 2.75) is 71.1 Å². The van der Waals surface area contributed by atoms with Gasteiger partial charge in [0.1, 0.15) is 11.1 Å². The lowest BCUT2D eigenvalue weighted by Crippen LogP contribution is -2.55. The molecular weight excluding hydrogens is 354 g/mol. The van der Waals surface area contributed by atoms with Gasteiger partial charge in [0.05, 0.1) is 6.61 Å². The Kier molecular flexibility index (Phi) is 5.82. The normalized spacial score (nSPS) is 22.3. The molecule has 1 aliphatic carbocycles. The molecule has 9 nitrogen and oxygen atoms in total. The lowest BCUT2D eigenvalue weighted by Gasteiger charge is -2.30. The van der Waals surface area contributed by atoms with Gasteiger partial charge in [-0.2, -0.15) is 0 Å². The summed E-state index contributed by atoms with van der Waals surface area (Å²) in [6, 6.07) is -0.368. The van der Waals surface area contributed by atoms with Crippen molar-refractivity contribution in [1.82, 2.24) is 14.9 Å². The van der Waals surface area contributed by atoms with Crippen molar-refractivity contribution in [2.24, 2.45) is 0 Å². The van der Waals surface area contributed by atoms with Gasteiger partial charge in [-0.15, -0.1) is 0 Å². The summed E-state index contributed by atoms with van der Waals surface area (Å²) in [6.45, 7) is 8.62. The first kappa shape index (κ1) is 20.7. The predicted molar refractivity (Wildman–Crippen MR) is 97.7 cm³/mol. The molecule has 1 heterocycles. The summed E-state index contributed by atoms with van der Waals surface area (Å²) in [4.78, 5) is 50.9. The van der Waals surface area contributed by atoms with E-state index >= 15 is 0 Å². The van der Waals surface area contributed by atoms with Crippen LogP contribution < -0.4 is 16.6 Å². The number of esters is 1. The molecule has 27 heavy (non-hydrogen) atoms. The maximum Gasteiger partial charge on any atom is 0.408 e. The zero-order valence-electron chi connectivity index (χ0n) is 16.4. The van der Waals surface area contributed by atoms with E-state index in [2.05, 4.69) is 10.3 Å². The molecule has 1 amide bonds. The molecule has 2 N–H and O–H groups in total. The lowest BCUT2D eigenvalue weighted by atomic mass is 9.97. The number of nitrogens with zero attached hydrogens (tertiary/aromatic N) is 1. The number of aromatic amines is 1. The molecule has 0 bridgehead atoms. The van der Waals surface area contributed by atoms with Crippen LogP contribution in [0.4, 0.5) is 4.79 Å². The van der Waals surface area contributed by atoms with Crippen LogP contribution in [-0.4, -0.2) is 39.4 Å². The molecule has 2 atom stereocenters. The number of carbonyl (C=O) groups excluding carboxylic acids is 2. The first-order chi connectivity index (χ1) is 12.5. The largest absolute Gasteiger partial charge is 0.464 e. The Balaban J connectivity index is 2.31. The molecule has 1 aliphatic rings. The molecule has 1 aromatic rings. The number of nitrogens with one attached hydrogen (secondary N) is 2. The van der Waals surface area contributed by atoms with Crippen molar-refractivity contribution >= 4 is 12.1 Å². The van der Waals surface area contributed by atoms with Gasteiger partial charge in [0.2, 0.25) is 0 Å². The second kappa shape index (κ2) is 7.58. The Hall–Kier alpha value is -2.58. The Bertz CT molecular complexity index is 835. The predicted octanol–water partition coefficient (Wildman–Crippen LogP) is 1.40. The number of ether oxygens (including phenoxy) is 2. The SMILES string of the molecule is CCOC(=O)[C@]1(NC(=O)OC(C)(C)C)CC[C@H](n2cc(C)c(=O)[nH]c2=O)C1. The van der Waals surface area contributed by atoms with Gasteiger partial charge in [-0.05, 0) is 47.5 Å². The summed E-state index contributed by atoms with van der Waals surface area (Å²) >= 11 is 0. The molecule has 1 saturated carbocycles. The quantitative estimate of drug-likeness (QED) is 0.761. The number of amides is 1. The number of rotatable bonds is 4. The van der Waals surface area contributed by atoms with Crippen molar-refractivity contribution in [1.29, 1.82) is 0 Å². The van der Waals surface area contributed by atoms with Crippen molar-refractivity contribution in [2.75, 3.05) is 6.61 Å². The summed E-state index contributed by atoms with van der Waals surface area (Å²) in [7, 11) is 0. The van der Waals surface area contributed by atoms with Crippen molar-refractivity contribution in [3.05, 3.63) is 32.6 Å². The minimum Gasteiger partial charge on any atom is -0.464 e. The summed E-state index contributed by atoms with van der Waals surface area (Å²) in [5.41, 5.74) is -2.61. The maximum atomic E-state index is 12.6. The van der Waals surface area contributed by atoms with E-state index in [0.717, 1.165) is 0 Å². The van der Waals surface area contributed by atoms with Gasteiger partial charge in [0.15, 0.2) is 0 Å². The highest BCUT2D eigenvalue weighted by molar-refractivity contribution is 5.86. The zero-order valence-corrected chi connectivity index (χ0v) is 16.4. The molecule has 150 valence electrons. The molecule has 0 saturated heterocycles. The molecular formula is C18H27N3O6. The molecule has 0 aliphatic heterocycles. The van der Waals surface area contributed by atoms with Gasteiger partial charge in [-0.1, -0.05) is 0 Å². The smallest absolute Gasteiger partial charge is 0.408 e. The first-order valence-electron chi connectivity index (χ1n) is 8.98. The highest BCUT2D eigenvalue weighted by Gasteiger charge is 2.49. The van der Waals surface area contributed by atoms with Crippen molar-refractivity contribution in [3.63, 3.8) is 0 Å².